The smallest absolute Gasteiger partial charge is 0.338 e. The Balaban J connectivity index is 1.36. The van der Waals surface area contributed by atoms with Gasteiger partial charge in [0.1, 0.15) is 5.03 Å². The monoisotopic (exact) mass is 670 g/mol. The SMILES string of the molecule is CC(=O)O[C@@H](C)C(=O)NCc1ccccc1-c1ccc([C@H]2O[C@@H](CSc3ncccc3C(=O)O)[C@@H](C)[C@@H](c3ccc(CO)cc3)O2)cc1. The summed E-state index contributed by atoms with van der Waals surface area (Å²) in [6.45, 7) is 5.04. The van der Waals surface area contributed by atoms with Crippen LogP contribution in [0.5, 0.6) is 0 Å². The number of hydrogen-bond acceptors (Lipinski definition) is 9. The van der Waals surface area contributed by atoms with Crippen LogP contribution in [0.1, 0.15) is 65.8 Å². The minimum absolute atomic E-state index is 0.0579. The van der Waals surface area contributed by atoms with Crippen LogP contribution in [0.2, 0.25) is 0 Å². The second-order valence-corrected chi connectivity index (χ2v) is 12.6. The third-order valence-electron chi connectivity index (χ3n) is 8.19. The molecule has 48 heavy (non-hydrogen) atoms. The van der Waals surface area contributed by atoms with Crippen molar-refractivity contribution in [1.82, 2.24) is 10.3 Å². The second kappa shape index (κ2) is 16.0. The molecule has 0 aliphatic carbocycles. The number of aliphatic hydroxyl groups excluding tert-OH is 1. The van der Waals surface area contributed by atoms with Crippen molar-refractivity contribution in [2.45, 2.75) is 63.6 Å². The van der Waals surface area contributed by atoms with Crippen molar-refractivity contribution in [2.75, 3.05) is 5.75 Å². The maximum atomic E-state index is 12.4. The maximum Gasteiger partial charge on any atom is 0.338 e. The van der Waals surface area contributed by atoms with E-state index in [0.29, 0.717) is 10.8 Å². The van der Waals surface area contributed by atoms with Gasteiger partial charge in [-0.2, -0.15) is 0 Å². The van der Waals surface area contributed by atoms with Gasteiger partial charge in [-0.1, -0.05) is 79.7 Å². The minimum Gasteiger partial charge on any atom is -0.478 e. The predicted octanol–water partition coefficient (Wildman–Crippen LogP) is 6.09. The fourth-order valence-electron chi connectivity index (χ4n) is 5.54. The van der Waals surface area contributed by atoms with E-state index in [1.54, 1.807) is 12.3 Å². The minimum atomic E-state index is -1.04. The van der Waals surface area contributed by atoms with Crippen molar-refractivity contribution in [1.29, 1.82) is 0 Å². The molecule has 5 rings (SSSR count). The molecule has 0 spiro atoms. The third kappa shape index (κ3) is 8.48. The van der Waals surface area contributed by atoms with Crippen molar-refractivity contribution >= 4 is 29.6 Å². The van der Waals surface area contributed by atoms with Crippen molar-refractivity contribution in [2.24, 2.45) is 5.92 Å². The van der Waals surface area contributed by atoms with E-state index >= 15 is 0 Å². The molecule has 0 bridgehead atoms. The molecule has 0 unspecified atom stereocenters. The molecule has 1 fully saturated rings. The van der Waals surface area contributed by atoms with Crippen LogP contribution in [0, 0.1) is 5.92 Å². The number of benzene rings is 3. The number of carbonyl (C=O) groups is 3. The zero-order valence-electron chi connectivity index (χ0n) is 26.9. The van der Waals surface area contributed by atoms with Crippen LogP contribution in [-0.4, -0.2) is 51.0 Å². The molecule has 2 heterocycles. The largest absolute Gasteiger partial charge is 0.478 e. The molecule has 3 N–H and O–H groups in total. The summed E-state index contributed by atoms with van der Waals surface area (Å²) in [6, 6.07) is 26.4. The molecule has 1 amide bonds. The molecule has 0 saturated carbocycles. The normalized spacial score (nSPS) is 19.7. The zero-order valence-corrected chi connectivity index (χ0v) is 27.7. The van der Waals surface area contributed by atoms with Gasteiger partial charge in [-0.15, -0.1) is 11.8 Å². The lowest BCUT2D eigenvalue weighted by atomic mass is 9.91. The highest BCUT2D eigenvalue weighted by Crippen LogP contribution is 2.43. The van der Waals surface area contributed by atoms with Gasteiger partial charge in [0, 0.05) is 36.9 Å². The number of carboxylic acid groups (broad SMARTS) is 1. The number of esters is 1. The molecule has 1 aliphatic heterocycles. The summed E-state index contributed by atoms with van der Waals surface area (Å²) in [5, 5.41) is 22.5. The van der Waals surface area contributed by atoms with Gasteiger partial charge in [-0.3, -0.25) is 9.59 Å². The highest BCUT2D eigenvalue weighted by molar-refractivity contribution is 7.99. The fraction of sp³-hybridized carbons (Fsp3) is 0.297. The molecular weight excluding hydrogens is 632 g/mol. The number of aromatic carboxylic acids is 1. The van der Waals surface area contributed by atoms with E-state index in [9.17, 15) is 24.6 Å². The van der Waals surface area contributed by atoms with E-state index in [1.807, 2.05) is 79.7 Å². The van der Waals surface area contributed by atoms with Gasteiger partial charge < -0.3 is 29.7 Å². The number of nitrogens with zero attached hydrogens (tertiary/aromatic N) is 1. The highest BCUT2D eigenvalue weighted by Gasteiger charge is 2.38. The molecule has 1 aromatic heterocycles. The topological polar surface area (TPSA) is 144 Å². The van der Waals surface area contributed by atoms with Gasteiger partial charge >= 0.3 is 11.9 Å². The van der Waals surface area contributed by atoms with E-state index in [4.69, 9.17) is 14.2 Å². The number of thioether (sulfide) groups is 1. The van der Waals surface area contributed by atoms with Gasteiger partial charge in [0.05, 0.1) is 24.4 Å². The van der Waals surface area contributed by atoms with Crippen molar-refractivity contribution < 1.29 is 38.8 Å². The maximum absolute atomic E-state index is 12.4. The van der Waals surface area contributed by atoms with E-state index < -0.39 is 24.3 Å². The third-order valence-corrected chi connectivity index (χ3v) is 9.28. The van der Waals surface area contributed by atoms with Crippen molar-refractivity contribution in [3.05, 3.63) is 119 Å². The Hall–Kier alpha value is -4.55. The number of ether oxygens (including phenoxy) is 3. The summed E-state index contributed by atoms with van der Waals surface area (Å²) in [4.78, 5) is 39.8. The number of nitrogens with one attached hydrogen (secondary N) is 1. The molecular formula is C37H38N2O8S. The highest BCUT2D eigenvalue weighted by atomic mass is 32.2. The molecule has 1 aliphatic rings. The average molecular weight is 671 g/mol. The number of rotatable bonds is 12. The van der Waals surface area contributed by atoms with Crippen LogP contribution in [-0.2, 0) is 37.0 Å². The quantitative estimate of drug-likeness (QED) is 0.120. The predicted molar refractivity (Wildman–Crippen MR) is 180 cm³/mol. The molecule has 3 aromatic carbocycles. The van der Waals surface area contributed by atoms with Crippen LogP contribution < -0.4 is 5.32 Å². The summed E-state index contributed by atoms with van der Waals surface area (Å²) in [5.41, 5.74) is 5.46. The van der Waals surface area contributed by atoms with Crippen LogP contribution in [0.25, 0.3) is 11.1 Å². The Morgan fingerprint density at radius 3 is 2.35 bits per heavy atom. The molecule has 4 aromatic rings. The lowest BCUT2D eigenvalue weighted by Crippen LogP contribution is -2.38. The van der Waals surface area contributed by atoms with Crippen LogP contribution in [0.15, 0.2) is 96.2 Å². The lowest BCUT2D eigenvalue weighted by Gasteiger charge is -2.41. The van der Waals surface area contributed by atoms with Crippen molar-refractivity contribution in [3.63, 3.8) is 0 Å². The summed E-state index contributed by atoms with van der Waals surface area (Å²) >= 11 is 1.34. The lowest BCUT2D eigenvalue weighted by molar-refractivity contribution is -0.268. The first kappa shape index (κ1) is 34.8. The Labute approximate surface area is 283 Å². The molecule has 0 radical (unpaired) electrons. The average Bonchev–Trinajstić information content (AvgIpc) is 3.10. The first-order chi connectivity index (χ1) is 23.1. The van der Waals surface area contributed by atoms with E-state index in [-0.39, 0.29) is 42.7 Å². The second-order valence-electron chi connectivity index (χ2n) is 11.5. The molecule has 5 atom stereocenters. The van der Waals surface area contributed by atoms with Crippen LogP contribution in [0.3, 0.4) is 0 Å². The molecule has 11 heteroatoms. The van der Waals surface area contributed by atoms with Gasteiger partial charge in [-0.05, 0) is 46.9 Å². The van der Waals surface area contributed by atoms with E-state index in [1.165, 1.54) is 31.7 Å². The van der Waals surface area contributed by atoms with Crippen molar-refractivity contribution in [3.8, 4) is 11.1 Å². The summed E-state index contributed by atoms with van der Waals surface area (Å²) in [7, 11) is 0. The Morgan fingerprint density at radius 2 is 1.67 bits per heavy atom. The number of aliphatic hydroxyl groups is 1. The molecule has 250 valence electrons. The summed E-state index contributed by atoms with van der Waals surface area (Å²) < 4.78 is 18.1. The first-order valence-electron chi connectivity index (χ1n) is 15.6. The first-order valence-corrected chi connectivity index (χ1v) is 16.6. The van der Waals surface area contributed by atoms with Gasteiger partial charge in [0.2, 0.25) is 0 Å². The van der Waals surface area contributed by atoms with Gasteiger partial charge in [0.15, 0.2) is 12.4 Å². The summed E-state index contributed by atoms with van der Waals surface area (Å²) in [5.74, 6) is -1.57. The zero-order chi connectivity index (χ0) is 34.2. The number of carboxylic acids is 1. The molecule has 1 saturated heterocycles. The van der Waals surface area contributed by atoms with Crippen LogP contribution >= 0.6 is 11.8 Å². The van der Waals surface area contributed by atoms with Crippen LogP contribution in [0.4, 0.5) is 0 Å². The Kier molecular flexibility index (Phi) is 11.6. The number of hydrogen-bond donors (Lipinski definition) is 3. The standard InChI is InChI=1S/C37H38N2O8S/c1-22-32(21-48-35-31(36(43)44)9-6-18-38-35)46-37(47-33(22)27-12-10-25(20-40)11-13-27)28-16-14-26(15-17-28)30-8-5-4-7-29(30)19-39-34(42)23(2)45-24(3)41/h4-18,22-23,32-33,37,40H,19-21H2,1-3H3,(H,39,42)(H,43,44)/t22-,23+,32+,33+,37+/m1/s1. The van der Waals surface area contributed by atoms with Gasteiger partial charge in [-0.25, -0.2) is 9.78 Å². The fourth-order valence-corrected chi connectivity index (χ4v) is 6.69. The number of aromatic nitrogens is 1. The number of carbonyl (C=O) groups excluding carboxylic acids is 2. The number of pyridine rings is 1. The van der Waals surface area contributed by atoms with E-state index in [0.717, 1.165) is 33.4 Å². The Bertz CT molecular complexity index is 1730. The molecule has 10 nitrogen and oxygen atoms in total. The summed E-state index contributed by atoms with van der Waals surface area (Å²) in [6.07, 6.45) is -0.659. The van der Waals surface area contributed by atoms with E-state index in [2.05, 4.69) is 10.3 Å². The Morgan fingerprint density at radius 1 is 0.958 bits per heavy atom. The van der Waals surface area contributed by atoms with Gasteiger partial charge in [0.25, 0.3) is 5.91 Å². The number of amides is 1.